The quantitative estimate of drug-likeness (QED) is 0.152. The Balaban J connectivity index is 1.19. The Bertz CT molecular complexity index is 4580. The molecule has 0 bridgehead atoms. The lowest BCUT2D eigenvalue weighted by Crippen LogP contribution is -2.55. The fraction of sp³-hybridized carbons (Fsp3) is 0.0857. The molecular formula is C70H51BN2. The highest BCUT2D eigenvalue weighted by Crippen LogP contribution is 2.50. The van der Waals surface area contributed by atoms with Crippen molar-refractivity contribution in [3.05, 3.63) is 234 Å². The van der Waals surface area contributed by atoms with Crippen LogP contribution in [0.3, 0.4) is 0 Å². The number of nitrogens with zero attached hydrogens (tertiary/aromatic N) is 2. The Kier molecular flexibility index (Phi) is 8.89. The first-order valence-electron chi connectivity index (χ1n) is 25.9. The zero-order chi connectivity index (χ0) is 49.0. The highest BCUT2D eigenvalue weighted by Gasteiger charge is 2.43. The number of rotatable bonds is 5. The van der Waals surface area contributed by atoms with Crippen LogP contribution in [0.15, 0.2) is 200 Å². The third-order valence-electron chi connectivity index (χ3n) is 17.0. The second kappa shape index (κ2) is 15.4. The largest absolute Gasteiger partial charge is 0.375 e. The van der Waals surface area contributed by atoms with Crippen molar-refractivity contribution in [3.63, 3.8) is 0 Å². The first-order valence-corrected chi connectivity index (χ1v) is 25.9. The van der Waals surface area contributed by atoms with Crippen molar-refractivity contribution in [1.82, 2.24) is 9.05 Å². The zero-order valence-electron chi connectivity index (χ0n) is 42.0. The summed E-state index contributed by atoms with van der Waals surface area (Å²) in [5.74, 6) is 0. The standard InChI is InChI=1S/C70H51BN2/c1-40-19-7-12-24-49(40)46-31-32-63-58(33-46)59-34-47(50-25-13-8-20-41(50)2)35-60-66-45(6)56(52-27-15-10-22-43(52)4)38-65-68(66)71(73(63)69(59)60)62-37-48(51-26-14-9-21-42(51)3)36-61-67-55-30-18-17-29-54(55)57(39-64(67)72(65)70(61)62)53-28-16-11-23-44(53)5/h7-39H,1-6H3. The monoisotopic (exact) mass is 930 g/mol. The third-order valence-corrected chi connectivity index (χ3v) is 17.0. The first kappa shape index (κ1) is 42.1. The van der Waals surface area contributed by atoms with Crippen molar-refractivity contribution in [3.8, 4) is 72.4 Å². The maximum absolute atomic E-state index is 2.76. The van der Waals surface area contributed by atoms with Gasteiger partial charge in [0.15, 0.2) is 0 Å². The fourth-order valence-corrected chi connectivity index (χ4v) is 13.6. The van der Waals surface area contributed by atoms with E-state index in [1.54, 1.807) is 0 Å². The van der Waals surface area contributed by atoms with Crippen LogP contribution in [0.25, 0.3) is 127 Å². The Morgan fingerprint density at radius 3 is 1.45 bits per heavy atom. The maximum atomic E-state index is 2.76. The van der Waals surface area contributed by atoms with Crippen LogP contribution in [0.4, 0.5) is 0 Å². The van der Waals surface area contributed by atoms with Crippen LogP contribution < -0.4 is 10.9 Å². The highest BCUT2D eigenvalue weighted by molar-refractivity contribution is 6.90. The van der Waals surface area contributed by atoms with Crippen LogP contribution in [0.2, 0.25) is 0 Å². The minimum Gasteiger partial charge on any atom is -0.375 e. The van der Waals surface area contributed by atoms with E-state index in [-0.39, 0.29) is 6.85 Å². The summed E-state index contributed by atoms with van der Waals surface area (Å²) in [6.45, 7) is 13.6. The molecule has 0 saturated carbocycles. The summed E-state index contributed by atoms with van der Waals surface area (Å²) < 4.78 is 5.46. The average molecular weight is 931 g/mol. The van der Waals surface area contributed by atoms with Crippen molar-refractivity contribution in [2.45, 2.75) is 41.5 Å². The summed E-state index contributed by atoms with van der Waals surface area (Å²) in [6.07, 6.45) is 0. The van der Waals surface area contributed by atoms with Crippen molar-refractivity contribution >= 4 is 72.2 Å². The number of aryl methyl sites for hydroxylation is 5. The molecule has 13 aromatic rings. The molecule has 73 heavy (non-hydrogen) atoms. The van der Waals surface area contributed by atoms with Crippen LogP contribution in [0.5, 0.6) is 0 Å². The lowest BCUT2D eigenvalue weighted by atomic mass is 9.45. The van der Waals surface area contributed by atoms with Gasteiger partial charge >= 0.3 is 6.85 Å². The zero-order valence-corrected chi connectivity index (χ0v) is 42.0. The SMILES string of the molecule is Cc1ccccc1-c1ccc2c(c1)c1cc(-c3ccccc3C)cc3c1n2B1c2c(cc(-c4ccccc4C)c(C)c2-3)-n2c3cc(-c4ccccc4C)c4ccccc4c3c3cc(-c4ccccc4C)cc1c32. The van der Waals surface area contributed by atoms with Gasteiger partial charge in [-0.05, 0) is 200 Å². The second-order valence-corrected chi connectivity index (χ2v) is 21.0. The Morgan fingerprint density at radius 2 is 0.836 bits per heavy atom. The van der Waals surface area contributed by atoms with E-state index in [1.807, 2.05) is 0 Å². The van der Waals surface area contributed by atoms with E-state index in [0.29, 0.717) is 0 Å². The van der Waals surface area contributed by atoms with Gasteiger partial charge in [0.1, 0.15) is 0 Å². The predicted molar refractivity (Wildman–Crippen MR) is 313 cm³/mol. The minimum absolute atomic E-state index is 0.124. The molecule has 3 heteroatoms. The first-order chi connectivity index (χ1) is 35.7. The molecule has 2 nitrogen and oxygen atoms in total. The highest BCUT2D eigenvalue weighted by atomic mass is 15.0. The summed E-state index contributed by atoms with van der Waals surface area (Å²) in [4.78, 5) is 0. The molecule has 0 atom stereocenters. The van der Waals surface area contributed by atoms with E-state index >= 15 is 0 Å². The van der Waals surface area contributed by atoms with Crippen LogP contribution in [0.1, 0.15) is 33.4 Å². The third kappa shape index (κ3) is 5.82. The Labute approximate surface area is 426 Å². The molecular weight excluding hydrogens is 880 g/mol. The molecule has 0 unspecified atom stereocenters. The molecule has 2 aliphatic heterocycles. The summed E-state index contributed by atoms with van der Waals surface area (Å²) in [7, 11) is 0. The normalized spacial score (nSPS) is 12.5. The molecule has 0 N–H and O–H groups in total. The molecule has 2 aromatic heterocycles. The van der Waals surface area contributed by atoms with E-state index in [2.05, 4.69) is 251 Å². The molecule has 0 radical (unpaired) electrons. The molecule has 11 aromatic carbocycles. The molecule has 4 heterocycles. The van der Waals surface area contributed by atoms with E-state index in [0.717, 1.165) is 0 Å². The van der Waals surface area contributed by atoms with E-state index in [1.165, 1.54) is 171 Å². The average Bonchev–Trinajstić information content (AvgIpc) is 3.92. The van der Waals surface area contributed by atoms with E-state index < -0.39 is 0 Å². The molecule has 0 saturated heterocycles. The Hall–Kier alpha value is -8.66. The van der Waals surface area contributed by atoms with Gasteiger partial charge in [0.2, 0.25) is 0 Å². The minimum atomic E-state index is -0.124. The van der Waals surface area contributed by atoms with Gasteiger partial charge < -0.3 is 9.05 Å². The van der Waals surface area contributed by atoms with E-state index in [9.17, 15) is 0 Å². The fourth-order valence-electron chi connectivity index (χ4n) is 13.6. The van der Waals surface area contributed by atoms with Gasteiger partial charge in [0.05, 0.1) is 11.0 Å². The summed E-state index contributed by atoms with van der Waals surface area (Å²) in [5, 5.41) is 7.72. The van der Waals surface area contributed by atoms with Crippen LogP contribution in [-0.2, 0) is 0 Å². The lowest BCUT2D eigenvalue weighted by Gasteiger charge is -2.36. The number of hydrogen-bond donors (Lipinski definition) is 0. The van der Waals surface area contributed by atoms with Crippen LogP contribution >= 0.6 is 0 Å². The molecule has 344 valence electrons. The Morgan fingerprint density at radius 1 is 0.329 bits per heavy atom. The number of aromatic nitrogens is 2. The van der Waals surface area contributed by atoms with Crippen molar-refractivity contribution in [1.29, 1.82) is 0 Å². The van der Waals surface area contributed by atoms with Crippen molar-refractivity contribution in [2.24, 2.45) is 0 Å². The smallest absolute Gasteiger partial charge is 0.333 e. The van der Waals surface area contributed by atoms with Crippen LogP contribution in [-0.4, -0.2) is 15.9 Å². The van der Waals surface area contributed by atoms with Gasteiger partial charge in [-0.15, -0.1) is 0 Å². The van der Waals surface area contributed by atoms with Crippen molar-refractivity contribution in [2.75, 3.05) is 0 Å². The molecule has 0 amide bonds. The molecule has 15 rings (SSSR count). The summed E-state index contributed by atoms with van der Waals surface area (Å²) in [6, 6.07) is 76.3. The maximum Gasteiger partial charge on any atom is 0.333 e. The summed E-state index contributed by atoms with van der Waals surface area (Å²) in [5.41, 5.74) is 32.0. The molecule has 0 spiro atoms. The molecule has 0 aliphatic carbocycles. The summed E-state index contributed by atoms with van der Waals surface area (Å²) >= 11 is 0. The topological polar surface area (TPSA) is 9.86 Å². The van der Waals surface area contributed by atoms with Gasteiger partial charge in [-0.2, -0.15) is 0 Å². The predicted octanol–water partition coefficient (Wildman–Crippen LogP) is 17.2. The van der Waals surface area contributed by atoms with Gasteiger partial charge in [0.25, 0.3) is 0 Å². The van der Waals surface area contributed by atoms with Crippen molar-refractivity contribution < 1.29 is 0 Å². The molecule has 2 aliphatic rings. The number of hydrogen-bond acceptors (Lipinski definition) is 0. The van der Waals surface area contributed by atoms with Gasteiger partial charge in [-0.1, -0.05) is 158 Å². The molecule has 0 fully saturated rings. The van der Waals surface area contributed by atoms with Gasteiger partial charge in [0, 0.05) is 43.8 Å². The van der Waals surface area contributed by atoms with Gasteiger partial charge in [-0.3, -0.25) is 0 Å². The lowest BCUT2D eigenvalue weighted by molar-refractivity contribution is 1.17. The number of fused-ring (bicyclic) bond motifs is 12. The van der Waals surface area contributed by atoms with E-state index in [4.69, 9.17) is 0 Å². The van der Waals surface area contributed by atoms with Crippen LogP contribution in [0, 0.1) is 41.5 Å². The van der Waals surface area contributed by atoms with Gasteiger partial charge in [-0.25, -0.2) is 0 Å². The second-order valence-electron chi connectivity index (χ2n) is 21.0. The number of benzene rings is 11.